The van der Waals surface area contributed by atoms with E-state index in [0.29, 0.717) is 23.8 Å². The first-order valence-electron chi connectivity index (χ1n) is 16.3. The van der Waals surface area contributed by atoms with Crippen molar-refractivity contribution in [2.45, 2.75) is 145 Å². The van der Waals surface area contributed by atoms with Gasteiger partial charge in [-0.25, -0.2) is 0 Å². The minimum atomic E-state index is -0.0361. The fourth-order valence-electron chi connectivity index (χ4n) is 8.73. The Labute approximate surface area is 231 Å². The predicted octanol–water partition coefficient (Wildman–Crippen LogP) is 9.36. The van der Waals surface area contributed by atoms with E-state index < -0.39 is 0 Å². The molecular formula is C34H63NO2. The monoisotopic (exact) mass is 517 g/mol. The van der Waals surface area contributed by atoms with E-state index in [2.05, 4.69) is 39.1 Å². The Bertz CT molecular complexity index is 715. The molecule has 3 heteroatoms. The van der Waals surface area contributed by atoms with Crippen LogP contribution in [0.25, 0.3) is 0 Å². The Balaban J connectivity index is 0.00000115. The highest BCUT2D eigenvalue weighted by Crippen LogP contribution is 2.66. The summed E-state index contributed by atoms with van der Waals surface area (Å²) in [5, 5.41) is 3.05. The predicted molar refractivity (Wildman–Crippen MR) is 160 cm³/mol. The van der Waals surface area contributed by atoms with Gasteiger partial charge in [0, 0.05) is 13.0 Å². The van der Waals surface area contributed by atoms with Gasteiger partial charge in [0.15, 0.2) is 0 Å². The molecule has 7 unspecified atom stereocenters. The second kappa shape index (κ2) is 15.1. The summed E-state index contributed by atoms with van der Waals surface area (Å²) in [4.78, 5) is 12.2. The first-order chi connectivity index (χ1) is 17.8. The molecule has 0 saturated heterocycles. The molecule has 0 aliphatic heterocycles. The van der Waals surface area contributed by atoms with Crippen molar-refractivity contribution in [1.82, 2.24) is 5.32 Å². The van der Waals surface area contributed by atoms with E-state index in [1.807, 2.05) is 34.7 Å². The zero-order valence-electron chi connectivity index (χ0n) is 26.3. The first-order valence-corrected chi connectivity index (χ1v) is 16.3. The van der Waals surface area contributed by atoms with E-state index in [4.69, 9.17) is 4.74 Å². The van der Waals surface area contributed by atoms with Gasteiger partial charge in [0.1, 0.15) is 6.10 Å². The molecule has 3 nitrogen and oxygen atoms in total. The molecule has 4 rings (SSSR count). The topological polar surface area (TPSA) is 38.3 Å². The quantitative estimate of drug-likeness (QED) is 0.188. The maximum absolute atomic E-state index is 12.2. The number of hydrogen-bond acceptors (Lipinski definition) is 3. The van der Waals surface area contributed by atoms with Gasteiger partial charge in [-0.05, 0) is 98.8 Å². The second-order valence-electron chi connectivity index (χ2n) is 13.0. The highest BCUT2D eigenvalue weighted by molar-refractivity contribution is 5.69. The number of allylic oxidation sites excluding steroid dienone is 1. The first kappa shape index (κ1) is 32.4. The van der Waals surface area contributed by atoms with Crippen molar-refractivity contribution >= 4 is 5.97 Å². The number of hydrogen-bond donors (Lipinski definition) is 1. The Hall–Kier alpha value is -0.830. The lowest BCUT2D eigenvalue weighted by atomic mass is 9.47. The van der Waals surface area contributed by atoms with Gasteiger partial charge in [0.05, 0.1) is 6.42 Å². The Morgan fingerprint density at radius 3 is 2.43 bits per heavy atom. The molecule has 4 aliphatic rings. The van der Waals surface area contributed by atoms with Crippen molar-refractivity contribution < 1.29 is 9.53 Å². The molecule has 0 aromatic rings. The number of rotatable bonds is 9. The molecule has 0 aromatic heterocycles. The van der Waals surface area contributed by atoms with Crippen LogP contribution in [0.5, 0.6) is 0 Å². The zero-order chi connectivity index (χ0) is 27.6. The SMILES string of the molecule is CC.CC.CNCCC(=O)OC1CCC2(C)C(=CCC3C2CCC2(C)C(CCCCC(C)C)CCC32)C1. The van der Waals surface area contributed by atoms with Gasteiger partial charge in [-0.15, -0.1) is 0 Å². The fraction of sp³-hybridized carbons (Fsp3) is 0.912. The largest absolute Gasteiger partial charge is 0.462 e. The maximum Gasteiger partial charge on any atom is 0.307 e. The molecule has 0 amide bonds. The molecule has 0 aromatic carbocycles. The van der Waals surface area contributed by atoms with Gasteiger partial charge >= 0.3 is 5.97 Å². The number of carbonyl (C=O) groups is 1. The third-order valence-electron chi connectivity index (χ3n) is 10.7. The lowest BCUT2D eigenvalue weighted by Crippen LogP contribution is -2.50. The second-order valence-corrected chi connectivity index (χ2v) is 13.0. The molecular weight excluding hydrogens is 454 g/mol. The Morgan fingerprint density at radius 1 is 1.03 bits per heavy atom. The van der Waals surface area contributed by atoms with Crippen LogP contribution in [0.4, 0.5) is 0 Å². The summed E-state index contributed by atoms with van der Waals surface area (Å²) in [7, 11) is 1.89. The van der Waals surface area contributed by atoms with E-state index in [-0.39, 0.29) is 12.1 Å². The van der Waals surface area contributed by atoms with Crippen LogP contribution < -0.4 is 5.32 Å². The molecule has 1 N–H and O–H groups in total. The van der Waals surface area contributed by atoms with Crippen LogP contribution in [0.3, 0.4) is 0 Å². The number of ether oxygens (including phenoxy) is 1. The summed E-state index contributed by atoms with van der Waals surface area (Å²) >= 11 is 0. The number of unbranched alkanes of at least 4 members (excludes halogenated alkanes) is 1. The van der Waals surface area contributed by atoms with Gasteiger partial charge in [0.2, 0.25) is 0 Å². The van der Waals surface area contributed by atoms with Crippen LogP contribution in [0, 0.1) is 40.4 Å². The summed E-state index contributed by atoms with van der Waals surface area (Å²) < 4.78 is 5.86. The van der Waals surface area contributed by atoms with Crippen molar-refractivity contribution in [1.29, 1.82) is 0 Å². The van der Waals surface area contributed by atoms with Crippen LogP contribution in [0.15, 0.2) is 11.6 Å². The normalized spacial score (nSPS) is 36.1. The summed E-state index contributed by atoms with van der Waals surface area (Å²) in [6, 6.07) is 0. The van der Waals surface area contributed by atoms with E-state index in [1.165, 1.54) is 64.2 Å². The highest BCUT2D eigenvalue weighted by atomic mass is 16.5. The molecule has 4 aliphatic carbocycles. The molecule has 37 heavy (non-hydrogen) atoms. The van der Waals surface area contributed by atoms with Crippen LogP contribution >= 0.6 is 0 Å². The number of esters is 1. The van der Waals surface area contributed by atoms with Crippen molar-refractivity contribution in [3.8, 4) is 0 Å². The van der Waals surface area contributed by atoms with Crippen LogP contribution in [0.1, 0.15) is 139 Å². The standard InChI is InChI=1S/C30H51NO2.2C2H6/c1-21(2)8-6-7-9-22-11-13-26-25-12-10-23-20-24(33-28(32)16-19-31-5)14-17-30(23,4)27(25)15-18-29(22,26)3;2*1-2/h10,21-22,24-27,31H,6-9,11-20H2,1-5H3;2*1-2H3. The van der Waals surface area contributed by atoms with Crippen LogP contribution in [-0.4, -0.2) is 25.7 Å². The Morgan fingerprint density at radius 2 is 1.76 bits per heavy atom. The third kappa shape index (κ3) is 7.43. The number of nitrogens with one attached hydrogen (secondary N) is 1. The molecule has 216 valence electrons. The van der Waals surface area contributed by atoms with Crippen molar-refractivity contribution in [2.24, 2.45) is 40.4 Å². The molecule has 3 fully saturated rings. The summed E-state index contributed by atoms with van der Waals surface area (Å²) in [6.07, 6.45) is 19.2. The summed E-state index contributed by atoms with van der Waals surface area (Å²) in [6.45, 7) is 18.7. The fourth-order valence-corrected chi connectivity index (χ4v) is 8.73. The smallest absolute Gasteiger partial charge is 0.307 e. The van der Waals surface area contributed by atoms with Crippen LogP contribution in [0.2, 0.25) is 0 Å². The number of fused-ring (bicyclic) bond motifs is 5. The van der Waals surface area contributed by atoms with Gasteiger partial charge in [0.25, 0.3) is 0 Å². The highest BCUT2D eigenvalue weighted by Gasteiger charge is 2.58. The molecule has 7 atom stereocenters. The van der Waals surface area contributed by atoms with E-state index in [9.17, 15) is 4.79 Å². The Kier molecular flexibility index (Phi) is 13.2. The number of carbonyl (C=O) groups excluding carboxylic acids is 1. The van der Waals surface area contributed by atoms with Crippen molar-refractivity contribution in [3.05, 3.63) is 11.6 Å². The molecule has 0 spiro atoms. The van der Waals surface area contributed by atoms with Gasteiger partial charge < -0.3 is 10.1 Å². The summed E-state index contributed by atoms with van der Waals surface area (Å²) in [5.41, 5.74) is 2.54. The average molecular weight is 518 g/mol. The minimum absolute atomic E-state index is 0.0361. The van der Waals surface area contributed by atoms with Gasteiger partial charge in [-0.3, -0.25) is 4.79 Å². The minimum Gasteiger partial charge on any atom is -0.462 e. The zero-order valence-corrected chi connectivity index (χ0v) is 26.3. The molecule has 3 saturated carbocycles. The van der Waals surface area contributed by atoms with E-state index in [1.54, 1.807) is 5.57 Å². The van der Waals surface area contributed by atoms with Crippen molar-refractivity contribution in [2.75, 3.05) is 13.6 Å². The maximum atomic E-state index is 12.2. The summed E-state index contributed by atoms with van der Waals surface area (Å²) in [5.74, 6) is 4.43. The van der Waals surface area contributed by atoms with Crippen LogP contribution in [-0.2, 0) is 9.53 Å². The van der Waals surface area contributed by atoms with Gasteiger partial charge in [-0.2, -0.15) is 0 Å². The average Bonchev–Trinajstić information content (AvgIpc) is 3.24. The van der Waals surface area contributed by atoms with Gasteiger partial charge in [-0.1, -0.05) is 86.3 Å². The van der Waals surface area contributed by atoms with Crippen molar-refractivity contribution in [3.63, 3.8) is 0 Å². The molecule has 0 radical (unpaired) electrons. The molecule has 0 heterocycles. The van der Waals surface area contributed by atoms with E-state index >= 15 is 0 Å². The van der Waals surface area contributed by atoms with E-state index in [0.717, 1.165) is 42.4 Å². The third-order valence-corrected chi connectivity index (χ3v) is 10.7. The molecule has 0 bridgehead atoms. The lowest BCUT2D eigenvalue weighted by Gasteiger charge is -2.58. The lowest BCUT2D eigenvalue weighted by molar-refractivity contribution is -0.151.